The molecule has 2 aliphatic rings. The lowest BCUT2D eigenvalue weighted by molar-refractivity contribution is -0.0691. The Kier molecular flexibility index (Phi) is 4.61. The minimum absolute atomic E-state index is 0.170. The van der Waals surface area contributed by atoms with Gasteiger partial charge in [-0.3, -0.25) is 0 Å². The Morgan fingerprint density at radius 2 is 1.91 bits per heavy atom. The van der Waals surface area contributed by atoms with Gasteiger partial charge in [-0.15, -0.1) is 0 Å². The maximum absolute atomic E-state index is 12.0. The second-order valence-electron chi connectivity index (χ2n) is 5.99. The molecule has 1 N–H and O–H groups in total. The monoisotopic (exact) mass is 322 g/mol. The Labute approximate surface area is 135 Å². The first-order valence-electron chi connectivity index (χ1n) is 7.93. The quantitative estimate of drug-likeness (QED) is 0.839. The fraction of sp³-hybridized carbons (Fsp3) is 0.588. The third-order valence-electron chi connectivity index (χ3n) is 4.50. The van der Waals surface area contributed by atoms with Crippen molar-refractivity contribution >= 4 is 5.97 Å². The number of fused-ring (bicyclic) bond motifs is 1. The van der Waals surface area contributed by atoms with Gasteiger partial charge in [0.2, 0.25) is 12.0 Å². The average molecular weight is 322 g/mol. The van der Waals surface area contributed by atoms with Gasteiger partial charge in [-0.1, -0.05) is 12.8 Å². The number of hydrogen-bond acceptors (Lipinski definition) is 6. The molecule has 0 aromatic heterocycles. The molecule has 0 amide bonds. The predicted octanol–water partition coefficient (Wildman–Crippen LogP) is 2.30. The summed E-state index contributed by atoms with van der Waals surface area (Å²) in [5, 5.41) is 9.66. The van der Waals surface area contributed by atoms with Crippen molar-refractivity contribution in [2.24, 2.45) is 5.92 Å². The lowest BCUT2D eigenvalue weighted by Crippen LogP contribution is -2.28. The summed E-state index contributed by atoms with van der Waals surface area (Å²) in [5.41, 5.74) is 0.940. The fourth-order valence-corrected chi connectivity index (χ4v) is 3.34. The Hall–Kier alpha value is -1.95. The van der Waals surface area contributed by atoms with E-state index in [1.54, 1.807) is 6.07 Å². The summed E-state index contributed by atoms with van der Waals surface area (Å²) in [6.45, 7) is 0.593. The molecule has 1 aromatic carbocycles. The van der Waals surface area contributed by atoms with E-state index in [1.165, 1.54) is 39.9 Å². The summed E-state index contributed by atoms with van der Waals surface area (Å²) >= 11 is 0. The van der Waals surface area contributed by atoms with Crippen LogP contribution in [0.5, 0.6) is 17.2 Å². The normalized spacial score (nSPS) is 20.8. The topological polar surface area (TPSA) is 74.2 Å². The van der Waals surface area contributed by atoms with Crippen LogP contribution in [0.4, 0.5) is 0 Å². The second-order valence-corrected chi connectivity index (χ2v) is 5.99. The summed E-state index contributed by atoms with van der Waals surface area (Å²) in [6, 6.07) is 1.62. The summed E-state index contributed by atoms with van der Waals surface area (Å²) in [5.74, 6) is 1.30. The van der Waals surface area contributed by atoms with Crippen molar-refractivity contribution in [1.29, 1.82) is 0 Å². The molecule has 126 valence electrons. The first kappa shape index (κ1) is 15.9. The first-order chi connectivity index (χ1) is 11.1. The summed E-state index contributed by atoms with van der Waals surface area (Å²) in [4.78, 5) is 12.0. The van der Waals surface area contributed by atoms with E-state index in [9.17, 15) is 9.90 Å². The molecule has 1 fully saturated rings. The number of benzene rings is 1. The summed E-state index contributed by atoms with van der Waals surface area (Å²) < 4.78 is 21.7. The molecule has 0 bridgehead atoms. The molecule has 1 atom stereocenters. The largest absolute Gasteiger partial charge is 0.492 e. The van der Waals surface area contributed by atoms with Crippen LogP contribution in [0, 0.1) is 5.92 Å². The summed E-state index contributed by atoms with van der Waals surface area (Å²) in [7, 11) is 3.04. The van der Waals surface area contributed by atoms with E-state index < -0.39 is 12.3 Å². The average Bonchev–Trinajstić information content (AvgIpc) is 3.05. The zero-order chi connectivity index (χ0) is 16.4. The molecule has 0 radical (unpaired) electrons. The van der Waals surface area contributed by atoms with Gasteiger partial charge in [0, 0.05) is 12.0 Å². The number of aliphatic hydroxyl groups excluding tert-OH is 1. The number of ether oxygens (including phenoxy) is 4. The molecule has 6 nitrogen and oxygen atoms in total. The van der Waals surface area contributed by atoms with Crippen molar-refractivity contribution < 1.29 is 28.8 Å². The van der Waals surface area contributed by atoms with Crippen molar-refractivity contribution in [3.8, 4) is 17.2 Å². The van der Waals surface area contributed by atoms with Gasteiger partial charge in [-0.2, -0.15) is 0 Å². The lowest BCUT2D eigenvalue weighted by atomic mass is 9.99. The third kappa shape index (κ3) is 3.08. The highest BCUT2D eigenvalue weighted by Crippen LogP contribution is 2.44. The van der Waals surface area contributed by atoms with Crippen LogP contribution in [-0.2, 0) is 11.2 Å². The van der Waals surface area contributed by atoms with Gasteiger partial charge < -0.3 is 24.1 Å². The molecule has 0 saturated heterocycles. The number of carbonyl (C=O) groups is 1. The number of cyclic esters (lactones) is 1. The molecule has 1 aromatic rings. The molecule has 3 rings (SSSR count). The van der Waals surface area contributed by atoms with Crippen molar-refractivity contribution in [1.82, 2.24) is 0 Å². The van der Waals surface area contributed by atoms with E-state index in [0.717, 1.165) is 0 Å². The predicted molar refractivity (Wildman–Crippen MR) is 82.1 cm³/mol. The molecule has 1 aliphatic carbocycles. The van der Waals surface area contributed by atoms with Gasteiger partial charge in [0.05, 0.1) is 26.4 Å². The van der Waals surface area contributed by atoms with E-state index >= 15 is 0 Å². The Balaban J connectivity index is 1.95. The molecule has 1 saturated carbocycles. The maximum atomic E-state index is 12.0. The standard InChI is InChI=1S/C17H22O6/c1-20-15-11-8-14(18)23-17(19)12(11)7-13(16(15)21-2)22-9-10-5-3-4-6-10/h7,10,14,18H,3-6,8-9H2,1-2H3. The van der Waals surface area contributed by atoms with Crippen LogP contribution in [0.2, 0.25) is 0 Å². The molecule has 23 heavy (non-hydrogen) atoms. The van der Waals surface area contributed by atoms with E-state index in [0.29, 0.717) is 40.9 Å². The van der Waals surface area contributed by atoms with E-state index in [2.05, 4.69) is 0 Å². The molecule has 6 heteroatoms. The van der Waals surface area contributed by atoms with Crippen molar-refractivity contribution in [2.45, 2.75) is 38.4 Å². The Bertz CT molecular complexity index is 591. The van der Waals surface area contributed by atoms with Crippen LogP contribution in [-0.4, -0.2) is 38.2 Å². The van der Waals surface area contributed by atoms with E-state index in [-0.39, 0.29) is 6.42 Å². The van der Waals surface area contributed by atoms with E-state index in [1.807, 2.05) is 0 Å². The van der Waals surface area contributed by atoms with Gasteiger partial charge in [-0.25, -0.2) is 4.79 Å². The van der Waals surface area contributed by atoms with Crippen molar-refractivity contribution in [3.63, 3.8) is 0 Å². The first-order valence-corrected chi connectivity index (χ1v) is 7.93. The minimum atomic E-state index is -1.17. The number of rotatable bonds is 5. The molecule has 1 heterocycles. The minimum Gasteiger partial charge on any atom is -0.492 e. The van der Waals surface area contributed by atoms with Gasteiger partial charge >= 0.3 is 5.97 Å². The van der Waals surface area contributed by atoms with E-state index in [4.69, 9.17) is 18.9 Å². The zero-order valence-corrected chi connectivity index (χ0v) is 13.5. The number of hydrogen-bond donors (Lipinski definition) is 1. The Morgan fingerprint density at radius 3 is 2.57 bits per heavy atom. The molecule has 0 spiro atoms. The number of carbonyl (C=O) groups excluding carboxylic acids is 1. The highest BCUT2D eigenvalue weighted by atomic mass is 16.6. The van der Waals surface area contributed by atoms with Gasteiger partial charge in [0.1, 0.15) is 0 Å². The van der Waals surface area contributed by atoms with Gasteiger partial charge in [0.25, 0.3) is 0 Å². The zero-order valence-electron chi connectivity index (χ0n) is 13.5. The van der Waals surface area contributed by atoms with Crippen LogP contribution in [0.15, 0.2) is 6.07 Å². The van der Waals surface area contributed by atoms with Crippen LogP contribution in [0.25, 0.3) is 0 Å². The van der Waals surface area contributed by atoms with Crippen LogP contribution in [0.1, 0.15) is 41.6 Å². The molecule has 1 aliphatic heterocycles. The molecular weight excluding hydrogens is 300 g/mol. The van der Waals surface area contributed by atoms with Gasteiger partial charge in [-0.05, 0) is 24.8 Å². The number of aliphatic hydroxyl groups is 1. The highest BCUT2D eigenvalue weighted by Gasteiger charge is 2.32. The Morgan fingerprint density at radius 1 is 1.22 bits per heavy atom. The van der Waals surface area contributed by atoms with Crippen LogP contribution >= 0.6 is 0 Å². The van der Waals surface area contributed by atoms with Crippen molar-refractivity contribution in [2.75, 3.05) is 20.8 Å². The summed E-state index contributed by atoms with van der Waals surface area (Å²) in [6.07, 6.45) is 3.81. The smallest absolute Gasteiger partial charge is 0.341 e. The van der Waals surface area contributed by atoms with Crippen LogP contribution < -0.4 is 14.2 Å². The number of methoxy groups -OCH3 is 2. The second kappa shape index (κ2) is 6.66. The lowest BCUT2D eigenvalue weighted by Gasteiger charge is -2.25. The fourth-order valence-electron chi connectivity index (χ4n) is 3.34. The SMILES string of the molecule is COc1c(OCC2CCCC2)cc2c(c1OC)CC(O)OC2=O. The molecule has 1 unspecified atom stereocenters. The molecular formula is C17H22O6. The maximum Gasteiger partial charge on any atom is 0.341 e. The van der Waals surface area contributed by atoms with Crippen molar-refractivity contribution in [3.05, 3.63) is 17.2 Å². The van der Waals surface area contributed by atoms with Crippen LogP contribution in [0.3, 0.4) is 0 Å². The highest BCUT2D eigenvalue weighted by molar-refractivity contribution is 5.94. The third-order valence-corrected chi connectivity index (χ3v) is 4.50. The van der Waals surface area contributed by atoms with Gasteiger partial charge in [0.15, 0.2) is 11.5 Å². The number of esters is 1.